The number of carbonyl (C=O) groups is 1. The first kappa shape index (κ1) is 25.7. The minimum Gasteiger partial charge on any atom is -0.357 e. The molecule has 0 spiro atoms. The van der Waals surface area contributed by atoms with Gasteiger partial charge in [0, 0.05) is 38.6 Å². The molecule has 1 heterocycles. The number of likely N-dealkylation sites (tertiary alicyclic amines) is 1. The topological polar surface area (TPSA) is 90.9 Å². The van der Waals surface area contributed by atoms with E-state index >= 15 is 0 Å². The van der Waals surface area contributed by atoms with Crippen LogP contribution < -0.4 is 10.6 Å². The fourth-order valence-corrected chi connectivity index (χ4v) is 4.63. The van der Waals surface area contributed by atoms with E-state index in [4.69, 9.17) is 0 Å². The van der Waals surface area contributed by atoms with Gasteiger partial charge in [0.25, 0.3) is 0 Å². The van der Waals surface area contributed by atoms with Gasteiger partial charge in [0.15, 0.2) is 15.8 Å². The Hall–Kier alpha value is -1.36. The summed E-state index contributed by atoms with van der Waals surface area (Å²) in [6.45, 7) is 6.48. The lowest BCUT2D eigenvalue weighted by atomic mass is 10.2. The number of aliphatic imine (C=N–C) groups is 1. The second-order valence-corrected chi connectivity index (χ2v) is 9.20. The summed E-state index contributed by atoms with van der Waals surface area (Å²) in [5.74, 6) is 1.04. The molecule has 9 heteroatoms. The molecule has 7 nitrogen and oxygen atoms in total. The van der Waals surface area contributed by atoms with Crippen molar-refractivity contribution >= 4 is 45.7 Å². The predicted octanol–water partition coefficient (Wildman–Crippen LogP) is 2.18. The maximum Gasteiger partial charge on any atom is 0.222 e. The Bertz CT molecular complexity index is 756. The van der Waals surface area contributed by atoms with Crippen molar-refractivity contribution < 1.29 is 13.2 Å². The Morgan fingerprint density at radius 2 is 1.97 bits per heavy atom. The lowest BCUT2D eigenvalue weighted by Crippen LogP contribution is -2.45. The molecular weight excluding hydrogens is 503 g/mol. The number of amides is 1. The highest BCUT2D eigenvalue weighted by molar-refractivity contribution is 14.0. The molecule has 2 N–H and O–H groups in total. The number of rotatable bonds is 9. The van der Waals surface area contributed by atoms with Gasteiger partial charge in [-0.25, -0.2) is 8.42 Å². The molecule has 1 unspecified atom stereocenters. The van der Waals surface area contributed by atoms with Crippen LogP contribution in [0.1, 0.15) is 38.7 Å². The highest BCUT2D eigenvalue weighted by Crippen LogP contribution is 2.10. The lowest BCUT2D eigenvalue weighted by Gasteiger charge is -2.18. The number of hydrogen-bond donors (Lipinski definition) is 2. The highest BCUT2D eigenvalue weighted by Gasteiger charge is 2.25. The van der Waals surface area contributed by atoms with Gasteiger partial charge in [0.05, 0.1) is 11.5 Å². The molecule has 1 saturated heterocycles. The fraction of sp³-hybridized carbons (Fsp3) is 0.600. The van der Waals surface area contributed by atoms with Crippen LogP contribution in [0.5, 0.6) is 0 Å². The zero-order valence-corrected chi connectivity index (χ0v) is 20.4. The smallest absolute Gasteiger partial charge is 0.222 e. The Kier molecular flexibility index (Phi) is 11.6. The zero-order valence-electron chi connectivity index (χ0n) is 17.3. The van der Waals surface area contributed by atoms with Crippen molar-refractivity contribution in [1.29, 1.82) is 0 Å². The van der Waals surface area contributed by atoms with Crippen molar-refractivity contribution in [3.8, 4) is 0 Å². The van der Waals surface area contributed by atoms with Crippen molar-refractivity contribution in [1.82, 2.24) is 15.5 Å². The average molecular weight is 536 g/mol. The lowest BCUT2D eigenvalue weighted by molar-refractivity contribution is -0.129. The predicted molar refractivity (Wildman–Crippen MR) is 128 cm³/mol. The van der Waals surface area contributed by atoms with Gasteiger partial charge in [0.1, 0.15) is 0 Å². The molecule has 1 aliphatic heterocycles. The van der Waals surface area contributed by atoms with Gasteiger partial charge in [-0.1, -0.05) is 37.3 Å². The van der Waals surface area contributed by atoms with Gasteiger partial charge in [0.2, 0.25) is 5.91 Å². The molecule has 1 fully saturated rings. The Labute approximate surface area is 191 Å². The molecule has 0 saturated carbocycles. The third-order valence-electron chi connectivity index (χ3n) is 4.64. The Balaban J connectivity index is 0.00000420. The van der Waals surface area contributed by atoms with Crippen LogP contribution in [-0.2, 0) is 20.4 Å². The summed E-state index contributed by atoms with van der Waals surface area (Å²) < 4.78 is 24.5. The third kappa shape index (κ3) is 9.33. The number of hydrogen-bond acceptors (Lipinski definition) is 4. The Morgan fingerprint density at radius 1 is 1.24 bits per heavy atom. The summed E-state index contributed by atoms with van der Waals surface area (Å²) in [6, 6.07) is 9.41. The van der Waals surface area contributed by atoms with E-state index in [0.717, 1.165) is 25.1 Å². The van der Waals surface area contributed by atoms with Crippen molar-refractivity contribution in [3.63, 3.8) is 0 Å². The Morgan fingerprint density at radius 3 is 2.62 bits per heavy atom. The fourth-order valence-electron chi connectivity index (χ4n) is 3.22. The molecule has 0 bridgehead atoms. The molecule has 2 rings (SSSR count). The summed E-state index contributed by atoms with van der Waals surface area (Å²) >= 11 is 0. The van der Waals surface area contributed by atoms with Crippen LogP contribution in [0.15, 0.2) is 35.3 Å². The van der Waals surface area contributed by atoms with E-state index in [1.54, 1.807) is 0 Å². The van der Waals surface area contributed by atoms with Crippen LogP contribution in [0.3, 0.4) is 0 Å². The molecular formula is C20H33IN4O3S. The molecule has 1 aromatic carbocycles. The number of carbonyl (C=O) groups excluding carboxylic acids is 1. The molecule has 0 radical (unpaired) electrons. The van der Waals surface area contributed by atoms with Gasteiger partial charge < -0.3 is 15.5 Å². The third-order valence-corrected chi connectivity index (χ3v) is 6.33. The van der Waals surface area contributed by atoms with Gasteiger partial charge in [-0.2, -0.15) is 0 Å². The quantitative estimate of drug-likeness (QED) is 0.219. The van der Waals surface area contributed by atoms with Gasteiger partial charge >= 0.3 is 0 Å². The number of halogens is 1. The SMILES string of the molecule is CCNC(=NCCCS(=O)(=O)Cc1ccccc1)NC1CCN(C(=O)CC)C1.I. The van der Waals surface area contributed by atoms with E-state index in [9.17, 15) is 13.2 Å². The van der Waals surface area contributed by atoms with Crippen LogP contribution in [0, 0.1) is 0 Å². The van der Waals surface area contributed by atoms with E-state index in [0.29, 0.717) is 31.9 Å². The minimum absolute atomic E-state index is 0. The van der Waals surface area contributed by atoms with Crippen molar-refractivity contribution in [2.45, 2.75) is 44.9 Å². The molecule has 0 aromatic heterocycles. The maximum atomic E-state index is 12.3. The number of benzene rings is 1. The number of sulfone groups is 1. The monoisotopic (exact) mass is 536 g/mol. The van der Waals surface area contributed by atoms with Crippen LogP contribution >= 0.6 is 24.0 Å². The summed E-state index contributed by atoms with van der Waals surface area (Å²) in [7, 11) is -3.14. The maximum absolute atomic E-state index is 12.3. The normalized spacial score (nSPS) is 17.0. The molecule has 0 aliphatic carbocycles. The first-order chi connectivity index (χ1) is 13.4. The minimum atomic E-state index is -3.14. The van der Waals surface area contributed by atoms with E-state index in [1.165, 1.54) is 0 Å². The van der Waals surface area contributed by atoms with Gasteiger partial charge in [-0.05, 0) is 25.3 Å². The van der Waals surface area contributed by atoms with Crippen LogP contribution in [-0.4, -0.2) is 63.2 Å². The average Bonchev–Trinajstić information content (AvgIpc) is 3.13. The largest absolute Gasteiger partial charge is 0.357 e. The van der Waals surface area contributed by atoms with Crippen LogP contribution in [0.2, 0.25) is 0 Å². The van der Waals surface area contributed by atoms with Crippen LogP contribution in [0.4, 0.5) is 0 Å². The summed E-state index contributed by atoms with van der Waals surface area (Å²) in [5, 5.41) is 6.55. The van der Waals surface area contributed by atoms with Gasteiger partial charge in [-0.3, -0.25) is 9.79 Å². The second-order valence-electron chi connectivity index (χ2n) is 7.02. The molecule has 1 amide bonds. The standard InChI is InChI=1S/C20H32N4O3S.HI/c1-3-19(25)24-13-11-18(15-24)23-20(21-4-2)22-12-8-14-28(26,27)16-17-9-6-5-7-10-17;/h5-7,9-10,18H,3-4,8,11-16H2,1-2H3,(H2,21,22,23);1H. The van der Waals surface area contributed by atoms with Crippen molar-refractivity contribution in [2.75, 3.05) is 31.9 Å². The summed E-state index contributed by atoms with van der Waals surface area (Å²) in [4.78, 5) is 18.2. The van der Waals surface area contributed by atoms with E-state index in [1.807, 2.05) is 49.1 Å². The first-order valence-electron chi connectivity index (χ1n) is 10.0. The first-order valence-corrected chi connectivity index (χ1v) is 11.8. The summed E-state index contributed by atoms with van der Waals surface area (Å²) in [5.41, 5.74) is 0.813. The van der Waals surface area contributed by atoms with E-state index < -0.39 is 9.84 Å². The molecule has 29 heavy (non-hydrogen) atoms. The van der Waals surface area contributed by atoms with E-state index in [2.05, 4.69) is 15.6 Å². The highest BCUT2D eigenvalue weighted by atomic mass is 127. The molecule has 1 aromatic rings. The number of nitrogens with zero attached hydrogens (tertiary/aromatic N) is 2. The second kappa shape index (κ2) is 13.0. The summed E-state index contributed by atoms with van der Waals surface area (Å²) in [6.07, 6.45) is 1.90. The van der Waals surface area contributed by atoms with Crippen molar-refractivity contribution in [2.24, 2.45) is 4.99 Å². The molecule has 1 atom stereocenters. The van der Waals surface area contributed by atoms with Crippen LogP contribution in [0.25, 0.3) is 0 Å². The molecule has 164 valence electrons. The molecule has 1 aliphatic rings. The number of guanidine groups is 1. The van der Waals surface area contributed by atoms with E-state index in [-0.39, 0.29) is 47.4 Å². The number of nitrogens with one attached hydrogen (secondary N) is 2. The zero-order chi connectivity index (χ0) is 20.4. The van der Waals surface area contributed by atoms with Crippen molar-refractivity contribution in [3.05, 3.63) is 35.9 Å². The van der Waals surface area contributed by atoms with Gasteiger partial charge in [-0.15, -0.1) is 24.0 Å².